The average molecular weight is 314 g/mol. The maximum absolute atomic E-state index is 12.5. The number of carbonyl (C=O) groups excluding carboxylic acids is 1. The zero-order valence-corrected chi connectivity index (χ0v) is 13.4. The molecule has 0 radical (unpaired) electrons. The van der Waals surface area contributed by atoms with Crippen molar-refractivity contribution >= 4 is 5.91 Å². The van der Waals surface area contributed by atoms with E-state index in [0.717, 1.165) is 44.2 Å². The molecule has 0 saturated carbocycles. The third-order valence-corrected chi connectivity index (χ3v) is 4.05. The molecule has 5 heteroatoms. The Morgan fingerprint density at radius 1 is 1.13 bits per heavy atom. The third kappa shape index (κ3) is 4.13. The van der Waals surface area contributed by atoms with Gasteiger partial charge in [-0.1, -0.05) is 18.2 Å². The molecule has 1 atom stereocenters. The van der Waals surface area contributed by atoms with Crippen LogP contribution in [-0.4, -0.2) is 48.0 Å². The average Bonchev–Trinajstić information content (AvgIpc) is 3.09. The first-order chi connectivity index (χ1) is 11.2. The molecule has 0 spiro atoms. The minimum atomic E-state index is -0.464. The number of amides is 1. The van der Waals surface area contributed by atoms with Crippen molar-refractivity contribution in [3.8, 4) is 5.75 Å². The molecule has 23 heavy (non-hydrogen) atoms. The third-order valence-electron chi connectivity index (χ3n) is 4.05. The van der Waals surface area contributed by atoms with E-state index in [2.05, 4.69) is 4.90 Å². The highest BCUT2D eigenvalue weighted by Gasteiger charge is 2.26. The van der Waals surface area contributed by atoms with Crippen LogP contribution in [0.15, 0.2) is 53.1 Å². The summed E-state index contributed by atoms with van der Waals surface area (Å²) in [4.78, 5) is 16.7. The number of ether oxygens (including phenoxy) is 1. The van der Waals surface area contributed by atoms with Crippen LogP contribution in [0.1, 0.15) is 12.7 Å². The summed E-state index contributed by atoms with van der Waals surface area (Å²) < 4.78 is 11.1. The highest BCUT2D eigenvalue weighted by molar-refractivity contribution is 5.81. The molecule has 2 heterocycles. The summed E-state index contributed by atoms with van der Waals surface area (Å²) in [5.74, 6) is 1.74. The second-order valence-electron chi connectivity index (χ2n) is 5.75. The van der Waals surface area contributed by atoms with Gasteiger partial charge in [0.15, 0.2) is 6.10 Å². The van der Waals surface area contributed by atoms with Crippen molar-refractivity contribution in [2.45, 2.75) is 19.6 Å². The predicted molar refractivity (Wildman–Crippen MR) is 87.1 cm³/mol. The molecule has 2 aromatic rings. The zero-order valence-electron chi connectivity index (χ0n) is 13.4. The molecule has 0 N–H and O–H groups in total. The lowest BCUT2D eigenvalue weighted by Gasteiger charge is -2.35. The second kappa shape index (κ2) is 7.33. The molecule has 3 rings (SSSR count). The number of rotatable bonds is 5. The van der Waals surface area contributed by atoms with Crippen LogP contribution < -0.4 is 4.74 Å². The first kappa shape index (κ1) is 15.6. The van der Waals surface area contributed by atoms with Gasteiger partial charge in [-0.2, -0.15) is 0 Å². The van der Waals surface area contributed by atoms with Gasteiger partial charge >= 0.3 is 0 Å². The van der Waals surface area contributed by atoms with Gasteiger partial charge in [0.25, 0.3) is 5.91 Å². The second-order valence-corrected chi connectivity index (χ2v) is 5.75. The molecule has 5 nitrogen and oxygen atoms in total. The Balaban J connectivity index is 1.47. The summed E-state index contributed by atoms with van der Waals surface area (Å²) in [5.41, 5.74) is 0. The molecular formula is C18H22N2O3. The summed E-state index contributed by atoms with van der Waals surface area (Å²) in [6, 6.07) is 13.3. The van der Waals surface area contributed by atoms with E-state index in [9.17, 15) is 4.79 Å². The Labute approximate surface area is 136 Å². The van der Waals surface area contributed by atoms with Gasteiger partial charge in [0.2, 0.25) is 0 Å². The van der Waals surface area contributed by atoms with Crippen molar-refractivity contribution in [3.05, 3.63) is 54.5 Å². The Morgan fingerprint density at radius 2 is 1.87 bits per heavy atom. The van der Waals surface area contributed by atoms with E-state index in [1.807, 2.05) is 54.3 Å². The Bertz CT molecular complexity index is 604. The normalized spacial score (nSPS) is 17.0. The first-order valence-electron chi connectivity index (χ1n) is 7.97. The summed E-state index contributed by atoms with van der Waals surface area (Å²) in [6.45, 7) is 5.76. The van der Waals surface area contributed by atoms with Gasteiger partial charge in [-0.05, 0) is 31.2 Å². The lowest BCUT2D eigenvalue weighted by molar-refractivity contribution is -0.139. The fraction of sp³-hybridized carbons (Fsp3) is 0.389. The van der Waals surface area contributed by atoms with Gasteiger partial charge in [-0.3, -0.25) is 9.69 Å². The van der Waals surface area contributed by atoms with Crippen LogP contribution in [0.2, 0.25) is 0 Å². The quantitative estimate of drug-likeness (QED) is 0.850. The summed E-state index contributed by atoms with van der Waals surface area (Å²) in [5, 5.41) is 0. The molecule has 122 valence electrons. The van der Waals surface area contributed by atoms with Gasteiger partial charge in [-0.15, -0.1) is 0 Å². The van der Waals surface area contributed by atoms with E-state index in [0.29, 0.717) is 0 Å². The van der Waals surface area contributed by atoms with Crippen molar-refractivity contribution in [3.63, 3.8) is 0 Å². The number of benzene rings is 1. The molecular weight excluding hydrogens is 292 g/mol. The lowest BCUT2D eigenvalue weighted by Crippen LogP contribution is -2.51. The number of hydrogen-bond acceptors (Lipinski definition) is 4. The number of para-hydroxylation sites is 1. The molecule has 1 aliphatic rings. The van der Waals surface area contributed by atoms with Crippen LogP contribution in [0.4, 0.5) is 0 Å². The van der Waals surface area contributed by atoms with Crippen molar-refractivity contribution in [1.29, 1.82) is 0 Å². The van der Waals surface area contributed by atoms with E-state index >= 15 is 0 Å². The van der Waals surface area contributed by atoms with E-state index in [-0.39, 0.29) is 5.91 Å². The maximum Gasteiger partial charge on any atom is 0.263 e. The van der Waals surface area contributed by atoms with Gasteiger partial charge in [0.1, 0.15) is 11.5 Å². The smallest absolute Gasteiger partial charge is 0.263 e. The highest BCUT2D eigenvalue weighted by atomic mass is 16.5. The Hall–Kier alpha value is -2.27. The standard InChI is InChI=1S/C18H22N2O3/c1-15(23-16-6-3-2-4-7-16)18(21)20-11-9-19(10-12-20)14-17-8-5-13-22-17/h2-8,13,15H,9-12,14H2,1H3. The van der Waals surface area contributed by atoms with Crippen LogP contribution in [0.3, 0.4) is 0 Å². The Morgan fingerprint density at radius 3 is 2.52 bits per heavy atom. The molecule has 0 aliphatic carbocycles. The van der Waals surface area contributed by atoms with Crippen molar-refractivity contribution in [2.24, 2.45) is 0 Å². The van der Waals surface area contributed by atoms with Crippen LogP contribution in [0.5, 0.6) is 5.75 Å². The van der Waals surface area contributed by atoms with Crippen LogP contribution in [0, 0.1) is 0 Å². The van der Waals surface area contributed by atoms with E-state index < -0.39 is 6.10 Å². The van der Waals surface area contributed by atoms with Gasteiger partial charge < -0.3 is 14.1 Å². The summed E-state index contributed by atoms with van der Waals surface area (Å²) in [6.07, 6.45) is 1.23. The van der Waals surface area contributed by atoms with Crippen molar-refractivity contribution < 1.29 is 13.9 Å². The molecule has 1 aliphatic heterocycles. The number of piperazine rings is 1. The van der Waals surface area contributed by atoms with Crippen molar-refractivity contribution in [1.82, 2.24) is 9.80 Å². The van der Waals surface area contributed by atoms with E-state index in [4.69, 9.17) is 9.15 Å². The number of furan rings is 1. The maximum atomic E-state index is 12.5. The molecule has 1 unspecified atom stereocenters. The van der Waals surface area contributed by atoms with Crippen LogP contribution >= 0.6 is 0 Å². The van der Waals surface area contributed by atoms with Gasteiger partial charge in [0.05, 0.1) is 12.8 Å². The van der Waals surface area contributed by atoms with E-state index in [1.54, 1.807) is 6.26 Å². The molecule has 1 fully saturated rings. The Kier molecular flexibility index (Phi) is 4.98. The zero-order chi connectivity index (χ0) is 16.1. The van der Waals surface area contributed by atoms with Crippen LogP contribution in [0.25, 0.3) is 0 Å². The highest BCUT2D eigenvalue weighted by Crippen LogP contribution is 2.14. The van der Waals surface area contributed by atoms with Crippen LogP contribution in [-0.2, 0) is 11.3 Å². The summed E-state index contributed by atoms with van der Waals surface area (Å²) >= 11 is 0. The monoisotopic (exact) mass is 314 g/mol. The molecule has 1 aromatic carbocycles. The number of carbonyl (C=O) groups is 1. The lowest BCUT2D eigenvalue weighted by atomic mass is 10.2. The fourth-order valence-corrected chi connectivity index (χ4v) is 2.76. The predicted octanol–water partition coefficient (Wildman–Crippen LogP) is 2.39. The first-order valence-corrected chi connectivity index (χ1v) is 7.97. The minimum Gasteiger partial charge on any atom is -0.481 e. The SMILES string of the molecule is CC(Oc1ccccc1)C(=O)N1CCN(Cc2ccco2)CC1. The van der Waals surface area contributed by atoms with Gasteiger partial charge in [-0.25, -0.2) is 0 Å². The van der Waals surface area contributed by atoms with Crippen molar-refractivity contribution in [2.75, 3.05) is 26.2 Å². The van der Waals surface area contributed by atoms with E-state index in [1.165, 1.54) is 0 Å². The molecule has 1 amide bonds. The number of nitrogens with zero attached hydrogens (tertiary/aromatic N) is 2. The van der Waals surface area contributed by atoms with Gasteiger partial charge in [0, 0.05) is 26.2 Å². The summed E-state index contributed by atoms with van der Waals surface area (Å²) in [7, 11) is 0. The number of hydrogen-bond donors (Lipinski definition) is 0. The molecule has 1 aromatic heterocycles. The molecule has 0 bridgehead atoms. The molecule has 1 saturated heterocycles. The fourth-order valence-electron chi connectivity index (χ4n) is 2.76. The largest absolute Gasteiger partial charge is 0.481 e. The topological polar surface area (TPSA) is 45.9 Å². The minimum absolute atomic E-state index is 0.0477.